The van der Waals surface area contributed by atoms with E-state index in [9.17, 15) is 4.39 Å². The standard InChI is InChI=1S/C12H7ClFN3/c13-11-8(7-15)5-6-16-12(11)17-10-4-2-1-3-9(10)14/h1-6H,(H,16,17). The summed E-state index contributed by atoms with van der Waals surface area (Å²) in [5.41, 5.74) is 0.553. The zero-order chi connectivity index (χ0) is 12.3. The summed E-state index contributed by atoms with van der Waals surface area (Å²) < 4.78 is 13.4. The van der Waals surface area contributed by atoms with E-state index in [1.807, 2.05) is 6.07 Å². The third-order valence-corrected chi connectivity index (χ3v) is 2.52. The third-order valence-electron chi connectivity index (χ3n) is 2.14. The molecule has 1 N–H and O–H groups in total. The highest BCUT2D eigenvalue weighted by molar-refractivity contribution is 6.34. The van der Waals surface area contributed by atoms with Crippen LogP contribution >= 0.6 is 11.6 Å². The average molecular weight is 248 g/mol. The summed E-state index contributed by atoms with van der Waals surface area (Å²) in [5, 5.41) is 11.7. The van der Waals surface area contributed by atoms with Gasteiger partial charge >= 0.3 is 0 Å². The molecule has 84 valence electrons. The second-order valence-electron chi connectivity index (χ2n) is 3.24. The van der Waals surface area contributed by atoms with Crippen LogP contribution in [0.2, 0.25) is 5.02 Å². The van der Waals surface area contributed by atoms with Gasteiger partial charge in [-0.25, -0.2) is 9.37 Å². The van der Waals surface area contributed by atoms with Crippen LogP contribution in [0.3, 0.4) is 0 Å². The van der Waals surface area contributed by atoms with Gasteiger partial charge in [0.25, 0.3) is 0 Å². The van der Waals surface area contributed by atoms with E-state index in [4.69, 9.17) is 16.9 Å². The van der Waals surface area contributed by atoms with Gasteiger partial charge in [0.1, 0.15) is 16.9 Å². The van der Waals surface area contributed by atoms with Gasteiger partial charge in [0.15, 0.2) is 5.82 Å². The Bertz CT molecular complexity index is 593. The van der Waals surface area contributed by atoms with Gasteiger partial charge in [0.05, 0.1) is 11.3 Å². The lowest BCUT2D eigenvalue weighted by molar-refractivity contribution is 0.632. The number of pyridine rings is 1. The van der Waals surface area contributed by atoms with Gasteiger partial charge in [0.2, 0.25) is 0 Å². The lowest BCUT2D eigenvalue weighted by Crippen LogP contribution is -1.97. The molecule has 1 aromatic heterocycles. The summed E-state index contributed by atoms with van der Waals surface area (Å²) in [6.45, 7) is 0. The first kappa shape index (κ1) is 11.4. The number of aromatic nitrogens is 1. The van der Waals surface area contributed by atoms with Gasteiger partial charge in [-0.15, -0.1) is 0 Å². The van der Waals surface area contributed by atoms with Crippen molar-refractivity contribution in [3.05, 3.63) is 52.9 Å². The van der Waals surface area contributed by atoms with E-state index in [2.05, 4.69) is 10.3 Å². The summed E-state index contributed by atoms with van der Waals surface area (Å²) in [4.78, 5) is 3.96. The number of nitriles is 1. The number of halogens is 2. The largest absolute Gasteiger partial charge is 0.337 e. The van der Waals surface area contributed by atoms with Gasteiger partial charge < -0.3 is 5.32 Å². The minimum atomic E-state index is -0.410. The highest BCUT2D eigenvalue weighted by Gasteiger charge is 2.09. The highest BCUT2D eigenvalue weighted by Crippen LogP contribution is 2.26. The second-order valence-corrected chi connectivity index (χ2v) is 3.62. The summed E-state index contributed by atoms with van der Waals surface area (Å²) >= 11 is 5.94. The van der Waals surface area contributed by atoms with Crippen molar-refractivity contribution >= 4 is 23.1 Å². The van der Waals surface area contributed by atoms with E-state index in [0.717, 1.165) is 0 Å². The molecule has 0 unspecified atom stereocenters. The van der Waals surface area contributed by atoms with Gasteiger partial charge in [-0.2, -0.15) is 5.26 Å². The van der Waals surface area contributed by atoms with E-state index >= 15 is 0 Å². The molecule has 1 heterocycles. The van der Waals surface area contributed by atoms with Crippen molar-refractivity contribution in [1.29, 1.82) is 5.26 Å². The van der Waals surface area contributed by atoms with Crippen LogP contribution in [0.1, 0.15) is 5.56 Å². The number of para-hydroxylation sites is 1. The fraction of sp³-hybridized carbons (Fsp3) is 0. The molecule has 1 aromatic carbocycles. The van der Waals surface area contributed by atoms with E-state index in [-0.39, 0.29) is 16.5 Å². The number of benzene rings is 1. The molecule has 0 amide bonds. The van der Waals surface area contributed by atoms with Gasteiger partial charge in [-0.05, 0) is 18.2 Å². The van der Waals surface area contributed by atoms with Crippen LogP contribution < -0.4 is 5.32 Å². The SMILES string of the molecule is N#Cc1ccnc(Nc2ccccc2F)c1Cl. The molecular formula is C12H7ClFN3. The summed E-state index contributed by atoms with van der Waals surface area (Å²) in [6, 6.07) is 9.58. The molecule has 3 nitrogen and oxygen atoms in total. The Morgan fingerprint density at radius 3 is 2.76 bits per heavy atom. The van der Waals surface area contributed by atoms with E-state index < -0.39 is 5.82 Å². The zero-order valence-electron chi connectivity index (χ0n) is 8.61. The molecule has 5 heteroatoms. The van der Waals surface area contributed by atoms with E-state index in [1.165, 1.54) is 18.3 Å². The van der Waals surface area contributed by atoms with Crippen molar-refractivity contribution < 1.29 is 4.39 Å². The van der Waals surface area contributed by atoms with Crippen LogP contribution in [0, 0.1) is 17.1 Å². The Labute approximate surface area is 102 Å². The molecule has 0 saturated carbocycles. The van der Waals surface area contributed by atoms with Crippen molar-refractivity contribution in [3.8, 4) is 6.07 Å². The summed E-state index contributed by atoms with van der Waals surface area (Å²) in [6.07, 6.45) is 1.44. The first-order valence-electron chi connectivity index (χ1n) is 4.78. The maximum absolute atomic E-state index is 13.4. The molecular weight excluding hydrogens is 241 g/mol. The number of hydrogen-bond acceptors (Lipinski definition) is 3. The number of nitrogens with zero attached hydrogens (tertiary/aromatic N) is 2. The maximum atomic E-state index is 13.4. The van der Waals surface area contributed by atoms with Crippen LogP contribution in [-0.2, 0) is 0 Å². The van der Waals surface area contributed by atoms with E-state index in [0.29, 0.717) is 5.56 Å². The molecule has 17 heavy (non-hydrogen) atoms. The lowest BCUT2D eigenvalue weighted by Gasteiger charge is -2.08. The molecule has 2 aromatic rings. The highest BCUT2D eigenvalue weighted by atomic mass is 35.5. The molecule has 0 spiro atoms. The molecule has 0 aliphatic heterocycles. The predicted molar refractivity (Wildman–Crippen MR) is 63.6 cm³/mol. The molecule has 0 saturated heterocycles. The van der Waals surface area contributed by atoms with Crippen molar-refractivity contribution in [2.24, 2.45) is 0 Å². The summed E-state index contributed by atoms with van der Waals surface area (Å²) in [7, 11) is 0. The molecule has 0 aliphatic carbocycles. The predicted octanol–water partition coefficient (Wildman–Crippen LogP) is 3.49. The number of anilines is 2. The first-order chi connectivity index (χ1) is 8.22. The maximum Gasteiger partial charge on any atom is 0.150 e. The molecule has 0 radical (unpaired) electrons. The Hall–Kier alpha value is -2.12. The number of rotatable bonds is 2. The van der Waals surface area contributed by atoms with Crippen molar-refractivity contribution in [1.82, 2.24) is 4.98 Å². The zero-order valence-corrected chi connectivity index (χ0v) is 9.37. The molecule has 0 atom stereocenters. The molecule has 0 fully saturated rings. The number of nitrogens with one attached hydrogen (secondary N) is 1. The topological polar surface area (TPSA) is 48.7 Å². The Balaban J connectivity index is 2.38. The van der Waals surface area contributed by atoms with Crippen molar-refractivity contribution in [3.63, 3.8) is 0 Å². The fourth-order valence-corrected chi connectivity index (χ4v) is 1.51. The van der Waals surface area contributed by atoms with Crippen LogP contribution in [0.5, 0.6) is 0 Å². The number of hydrogen-bond donors (Lipinski definition) is 1. The Morgan fingerprint density at radius 1 is 1.29 bits per heavy atom. The molecule has 0 bridgehead atoms. The van der Waals surface area contributed by atoms with Crippen molar-refractivity contribution in [2.45, 2.75) is 0 Å². The van der Waals surface area contributed by atoms with Crippen molar-refractivity contribution in [2.75, 3.05) is 5.32 Å². The van der Waals surface area contributed by atoms with Gasteiger partial charge in [0, 0.05) is 6.20 Å². The quantitative estimate of drug-likeness (QED) is 0.884. The van der Waals surface area contributed by atoms with Crippen LogP contribution in [-0.4, -0.2) is 4.98 Å². The monoisotopic (exact) mass is 247 g/mol. The minimum Gasteiger partial charge on any atom is -0.337 e. The van der Waals surface area contributed by atoms with Crippen LogP contribution in [0.25, 0.3) is 0 Å². The fourth-order valence-electron chi connectivity index (χ4n) is 1.31. The second kappa shape index (κ2) is 4.81. The average Bonchev–Trinajstić information content (AvgIpc) is 2.34. The van der Waals surface area contributed by atoms with Gasteiger partial charge in [-0.1, -0.05) is 23.7 Å². The Kier molecular flexibility index (Phi) is 3.22. The smallest absolute Gasteiger partial charge is 0.150 e. The van der Waals surface area contributed by atoms with Crippen LogP contribution in [0.15, 0.2) is 36.5 Å². The molecule has 0 aliphatic rings. The first-order valence-corrected chi connectivity index (χ1v) is 5.16. The minimum absolute atomic E-state index is 0.179. The Morgan fingerprint density at radius 2 is 2.06 bits per heavy atom. The van der Waals surface area contributed by atoms with Crippen LogP contribution in [0.4, 0.5) is 15.9 Å². The summed E-state index contributed by atoms with van der Waals surface area (Å²) in [5.74, 6) is -0.149. The lowest BCUT2D eigenvalue weighted by atomic mass is 10.2. The molecule has 2 rings (SSSR count). The van der Waals surface area contributed by atoms with Gasteiger partial charge in [-0.3, -0.25) is 0 Å². The van der Waals surface area contributed by atoms with E-state index in [1.54, 1.807) is 18.2 Å². The third kappa shape index (κ3) is 2.35. The normalized spacial score (nSPS) is 9.71.